The van der Waals surface area contributed by atoms with Crippen LogP contribution in [0, 0.1) is 13.8 Å². The molecule has 0 radical (unpaired) electrons. The van der Waals surface area contributed by atoms with Gasteiger partial charge in [-0.3, -0.25) is 5.10 Å². The van der Waals surface area contributed by atoms with E-state index in [4.69, 9.17) is 9.47 Å². The Balaban J connectivity index is 1.82. The molecule has 128 valence electrons. The summed E-state index contributed by atoms with van der Waals surface area (Å²) < 4.78 is 10.9. The molecule has 1 aromatic heterocycles. The highest BCUT2D eigenvalue weighted by molar-refractivity contribution is 5.91. The number of amides is 2. The minimum absolute atomic E-state index is 0.199. The van der Waals surface area contributed by atoms with Crippen molar-refractivity contribution in [1.82, 2.24) is 20.1 Å². The van der Waals surface area contributed by atoms with Gasteiger partial charge in [0.1, 0.15) is 23.9 Å². The van der Waals surface area contributed by atoms with Gasteiger partial charge in [-0.05, 0) is 31.5 Å². The lowest BCUT2D eigenvalue weighted by Crippen LogP contribution is -2.46. The number of nitrogens with zero attached hydrogens (tertiary/aromatic N) is 3. The van der Waals surface area contributed by atoms with E-state index in [1.54, 1.807) is 12.0 Å². The standard InChI is InChI=1S/C16H21N5O3/c1-10-6-12(11(2)14(7-10)23-3)19-16(22)21-4-5-24-8-13(21)15-17-9-18-20-15/h6-7,9,13H,4-5,8H2,1-3H3,(H,19,22)(H,17,18,20). The molecule has 0 bridgehead atoms. The molecule has 0 aliphatic carbocycles. The molecule has 3 rings (SSSR count). The van der Waals surface area contributed by atoms with Crippen LogP contribution >= 0.6 is 0 Å². The summed E-state index contributed by atoms with van der Waals surface area (Å²) in [5.74, 6) is 1.36. The highest BCUT2D eigenvalue weighted by atomic mass is 16.5. The Kier molecular flexibility index (Phi) is 4.66. The van der Waals surface area contributed by atoms with E-state index in [1.807, 2.05) is 26.0 Å². The van der Waals surface area contributed by atoms with Gasteiger partial charge < -0.3 is 19.7 Å². The summed E-state index contributed by atoms with van der Waals surface area (Å²) in [4.78, 5) is 18.6. The van der Waals surface area contributed by atoms with Crippen LogP contribution in [-0.2, 0) is 4.74 Å². The number of anilines is 1. The molecule has 2 aromatic rings. The van der Waals surface area contributed by atoms with Crippen LogP contribution in [0.4, 0.5) is 10.5 Å². The first-order valence-corrected chi connectivity index (χ1v) is 7.76. The number of ether oxygens (including phenoxy) is 2. The van der Waals surface area contributed by atoms with E-state index in [0.717, 1.165) is 22.6 Å². The molecule has 2 amide bonds. The van der Waals surface area contributed by atoms with Gasteiger partial charge in [0.2, 0.25) is 0 Å². The van der Waals surface area contributed by atoms with Crippen molar-refractivity contribution < 1.29 is 14.3 Å². The lowest BCUT2D eigenvalue weighted by molar-refractivity contribution is 0.0118. The lowest BCUT2D eigenvalue weighted by Gasteiger charge is -2.34. The molecule has 1 unspecified atom stereocenters. The van der Waals surface area contributed by atoms with Gasteiger partial charge in [-0.2, -0.15) is 5.10 Å². The molecule has 2 heterocycles. The fourth-order valence-electron chi connectivity index (χ4n) is 2.80. The molecule has 0 spiro atoms. The van der Waals surface area contributed by atoms with Gasteiger partial charge in [-0.15, -0.1) is 0 Å². The number of hydrogen-bond donors (Lipinski definition) is 2. The lowest BCUT2D eigenvalue weighted by atomic mass is 10.1. The minimum atomic E-state index is -0.284. The fraction of sp³-hybridized carbons (Fsp3) is 0.438. The van der Waals surface area contributed by atoms with Crippen LogP contribution in [0.1, 0.15) is 23.0 Å². The van der Waals surface area contributed by atoms with Crippen LogP contribution in [0.5, 0.6) is 5.75 Å². The van der Waals surface area contributed by atoms with Crippen molar-refractivity contribution >= 4 is 11.7 Å². The summed E-state index contributed by atoms with van der Waals surface area (Å²) >= 11 is 0. The summed E-state index contributed by atoms with van der Waals surface area (Å²) in [7, 11) is 1.62. The van der Waals surface area contributed by atoms with Crippen LogP contribution < -0.4 is 10.1 Å². The van der Waals surface area contributed by atoms with Crippen molar-refractivity contribution in [3.8, 4) is 5.75 Å². The molecule has 8 nitrogen and oxygen atoms in total. The van der Waals surface area contributed by atoms with Crippen LogP contribution in [0.15, 0.2) is 18.5 Å². The molecule has 1 fully saturated rings. The molecule has 1 aromatic carbocycles. The van der Waals surface area contributed by atoms with Gasteiger partial charge in [0.25, 0.3) is 0 Å². The van der Waals surface area contributed by atoms with E-state index in [-0.39, 0.29) is 12.1 Å². The van der Waals surface area contributed by atoms with E-state index in [0.29, 0.717) is 25.6 Å². The van der Waals surface area contributed by atoms with E-state index < -0.39 is 0 Å². The van der Waals surface area contributed by atoms with Crippen molar-refractivity contribution in [1.29, 1.82) is 0 Å². The third-order valence-electron chi connectivity index (χ3n) is 4.10. The number of morpholine rings is 1. The predicted octanol–water partition coefficient (Wildman–Crippen LogP) is 2.04. The molecule has 1 saturated heterocycles. The van der Waals surface area contributed by atoms with E-state index >= 15 is 0 Å². The minimum Gasteiger partial charge on any atom is -0.496 e. The average Bonchev–Trinajstić information content (AvgIpc) is 3.12. The fourth-order valence-corrected chi connectivity index (χ4v) is 2.80. The monoisotopic (exact) mass is 331 g/mol. The quantitative estimate of drug-likeness (QED) is 0.898. The van der Waals surface area contributed by atoms with Crippen LogP contribution in [0.25, 0.3) is 0 Å². The highest BCUT2D eigenvalue weighted by Crippen LogP contribution is 2.29. The summed E-state index contributed by atoms with van der Waals surface area (Å²) in [5, 5.41) is 9.65. The largest absolute Gasteiger partial charge is 0.496 e. The number of urea groups is 1. The van der Waals surface area contributed by atoms with Crippen LogP contribution in [0.3, 0.4) is 0 Å². The van der Waals surface area contributed by atoms with Gasteiger partial charge in [-0.1, -0.05) is 0 Å². The number of benzene rings is 1. The van der Waals surface area contributed by atoms with Gasteiger partial charge in [-0.25, -0.2) is 9.78 Å². The van der Waals surface area contributed by atoms with Crippen LogP contribution in [-0.4, -0.2) is 53.0 Å². The second-order valence-electron chi connectivity index (χ2n) is 5.72. The zero-order valence-corrected chi connectivity index (χ0v) is 14.0. The Morgan fingerprint density at radius 1 is 1.46 bits per heavy atom. The Bertz CT molecular complexity index is 717. The summed E-state index contributed by atoms with van der Waals surface area (Å²) in [6, 6.07) is 3.39. The molecule has 1 aliphatic rings. The molecule has 1 atom stereocenters. The zero-order valence-electron chi connectivity index (χ0n) is 14.0. The number of aromatic amines is 1. The van der Waals surface area contributed by atoms with Crippen molar-refractivity contribution in [2.45, 2.75) is 19.9 Å². The van der Waals surface area contributed by atoms with Crippen LogP contribution in [0.2, 0.25) is 0 Å². The predicted molar refractivity (Wildman–Crippen MR) is 88.1 cm³/mol. The maximum Gasteiger partial charge on any atom is 0.322 e. The molecule has 0 saturated carbocycles. The summed E-state index contributed by atoms with van der Waals surface area (Å²) in [6.45, 7) is 5.25. The summed E-state index contributed by atoms with van der Waals surface area (Å²) in [6.07, 6.45) is 1.43. The second kappa shape index (κ2) is 6.88. The number of H-pyrrole nitrogens is 1. The number of nitrogens with one attached hydrogen (secondary N) is 2. The number of hydrogen-bond acceptors (Lipinski definition) is 5. The summed E-state index contributed by atoms with van der Waals surface area (Å²) in [5.41, 5.74) is 2.64. The first kappa shape index (κ1) is 16.3. The third kappa shape index (κ3) is 3.18. The molecular weight excluding hydrogens is 310 g/mol. The maximum atomic E-state index is 12.8. The van der Waals surface area contributed by atoms with E-state index in [2.05, 4.69) is 20.5 Å². The Morgan fingerprint density at radius 2 is 2.29 bits per heavy atom. The molecular formula is C16H21N5O3. The third-order valence-corrected chi connectivity index (χ3v) is 4.10. The van der Waals surface area contributed by atoms with Crippen molar-refractivity contribution in [3.63, 3.8) is 0 Å². The normalized spacial score (nSPS) is 17.6. The zero-order chi connectivity index (χ0) is 17.1. The maximum absolute atomic E-state index is 12.8. The van der Waals surface area contributed by atoms with Crippen molar-refractivity contribution in [2.75, 3.05) is 32.2 Å². The topological polar surface area (TPSA) is 92.4 Å². The number of aryl methyl sites for hydroxylation is 1. The van der Waals surface area contributed by atoms with Gasteiger partial charge in [0.05, 0.1) is 20.3 Å². The van der Waals surface area contributed by atoms with Crippen molar-refractivity contribution in [3.05, 3.63) is 35.4 Å². The Labute approximate surface area is 140 Å². The SMILES string of the molecule is COc1cc(C)cc(NC(=O)N2CCOCC2c2ncn[nH]2)c1C. The number of aromatic nitrogens is 3. The average molecular weight is 331 g/mol. The smallest absolute Gasteiger partial charge is 0.322 e. The first-order chi connectivity index (χ1) is 11.6. The number of carbonyl (C=O) groups is 1. The van der Waals surface area contributed by atoms with Crippen molar-refractivity contribution in [2.24, 2.45) is 0 Å². The number of rotatable bonds is 3. The molecule has 24 heavy (non-hydrogen) atoms. The number of methoxy groups -OCH3 is 1. The Hall–Kier alpha value is -2.61. The Morgan fingerprint density at radius 3 is 3.00 bits per heavy atom. The second-order valence-corrected chi connectivity index (χ2v) is 5.72. The first-order valence-electron chi connectivity index (χ1n) is 7.76. The van der Waals surface area contributed by atoms with Gasteiger partial charge >= 0.3 is 6.03 Å². The molecule has 2 N–H and O–H groups in total. The number of carbonyl (C=O) groups excluding carboxylic acids is 1. The van der Waals surface area contributed by atoms with Gasteiger partial charge in [0, 0.05) is 17.8 Å². The van der Waals surface area contributed by atoms with E-state index in [9.17, 15) is 4.79 Å². The van der Waals surface area contributed by atoms with Gasteiger partial charge in [0.15, 0.2) is 0 Å². The highest BCUT2D eigenvalue weighted by Gasteiger charge is 2.31. The molecule has 1 aliphatic heterocycles. The van der Waals surface area contributed by atoms with E-state index in [1.165, 1.54) is 6.33 Å². The molecule has 8 heteroatoms.